The molecule has 0 bridgehead atoms. The number of thiophene rings is 1. The molecular weight excluding hydrogens is 298 g/mol. The quantitative estimate of drug-likeness (QED) is 0.766. The fourth-order valence-corrected chi connectivity index (χ4v) is 2.37. The van der Waals surface area contributed by atoms with Crippen LogP contribution >= 0.6 is 27.3 Å². The fraction of sp³-hybridized carbons (Fsp3) is 0. The van der Waals surface area contributed by atoms with Crippen molar-refractivity contribution in [3.8, 4) is 0 Å². The zero-order valence-electron chi connectivity index (χ0n) is 7.84. The summed E-state index contributed by atoms with van der Waals surface area (Å²) in [6, 6.07) is 4.77. The molecule has 0 aliphatic heterocycles. The van der Waals surface area contributed by atoms with Crippen LogP contribution < -0.4 is 0 Å². The van der Waals surface area contributed by atoms with E-state index in [0.29, 0.717) is 5.56 Å². The molecule has 1 heterocycles. The summed E-state index contributed by atoms with van der Waals surface area (Å²) in [6.45, 7) is 0. The molecule has 0 atom stereocenters. The minimum atomic E-state index is -1.01. The largest absolute Gasteiger partial charge is 0.289 e. The van der Waals surface area contributed by atoms with E-state index < -0.39 is 11.6 Å². The van der Waals surface area contributed by atoms with E-state index in [4.69, 9.17) is 0 Å². The molecule has 0 saturated heterocycles. The van der Waals surface area contributed by atoms with Crippen molar-refractivity contribution in [2.24, 2.45) is 0 Å². The van der Waals surface area contributed by atoms with Gasteiger partial charge in [-0.05, 0) is 40.2 Å². The van der Waals surface area contributed by atoms with E-state index in [1.165, 1.54) is 17.4 Å². The highest BCUT2D eigenvalue weighted by molar-refractivity contribution is 9.11. The second-order valence-electron chi connectivity index (χ2n) is 3.10. The lowest BCUT2D eigenvalue weighted by molar-refractivity contribution is 0.103. The van der Waals surface area contributed by atoms with Crippen molar-refractivity contribution in [3.05, 3.63) is 56.2 Å². The second kappa shape index (κ2) is 4.43. The van der Waals surface area contributed by atoms with E-state index in [2.05, 4.69) is 15.9 Å². The molecule has 0 aliphatic carbocycles. The SMILES string of the molecule is O=C(c1csc(Br)c1)c1ccc(F)c(F)c1. The summed E-state index contributed by atoms with van der Waals surface area (Å²) in [5.41, 5.74) is 0.604. The molecule has 2 rings (SSSR count). The molecule has 0 aliphatic rings. The smallest absolute Gasteiger partial charge is 0.194 e. The summed E-state index contributed by atoms with van der Waals surface area (Å²) < 4.78 is 26.4. The molecule has 0 unspecified atom stereocenters. The van der Waals surface area contributed by atoms with Crippen LogP contribution in [0.15, 0.2) is 33.4 Å². The Morgan fingerprint density at radius 1 is 1.12 bits per heavy atom. The standard InChI is InChI=1S/C11H5BrF2OS/c12-10-4-7(5-16-10)11(15)6-1-2-8(13)9(14)3-6/h1-5H. The van der Waals surface area contributed by atoms with Crippen molar-refractivity contribution in [3.63, 3.8) is 0 Å². The van der Waals surface area contributed by atoms with Crippen molar-refractivity contribution in [1.82, 2.24) is 0 Å². The average Bonchev–Trinajstić information content (AvgIpc) is 2.68. The first kappa shape index (κ1) is 11.4. The number of halogens is 3. The summed E-state index contributed by atoms with van der Waals surface area (Å²) in [6.07, 6.45) is 0. The van der Waals surface area contributed by atoms with Gasteiger partial charge >= 0.3 is 0 Å². The van der Waals surface area contributed by atoms with E-state index >= 15 is 0 Å². The van der Waals surface area contributed by atoms with Gasteiger partial charge in [0, 0.05) is 16.5 Å². The van der Waals surface area contributed by atoms with Gasteiger partial charge in [-0.15, -0.1) is 11.3 Å². The normalized spacial score (nSPS) is 10.4. The summed E-state index contributed by atoms with van der Waals surface area (Å²) >= 11 is 4.59. The van der Waals surface area contributed by atoms with Crippen LogP contribution in [0.2, 0.25) is 0 Å². The Bertz CT molecular complexity index is 551. The van der Waals surface area contributed by atoms with Gasteiger partial charge in [-0.2, -0.15) is 0 Å². The van der Waals surface area contributed by atoms with Gasteiger partial charge in [-0.3, -0.25) is 4.79 Å². The van der Waals surface area contributed by atoms with Gasteiger partial charge in [0.15, 0.2) is 17.4 Å². The second-order valence-corrected chi connectivity index (χ2v) is 5.39. The molecular formula is C11H5BrF2OS. The highest BCUT2D eigenvalue weighted by atomic mass is 79.9. The van der Waals surface area contributed by atoms with Gasteiger partial charge in [0.1, 0.15) is 0 Å². The zero-order valence-corrected chi connectivity index (χ0v) is 10.2. The maximum Gasteiger partial charge on any atom is 0.194 e. The minimum Gasteiger partial charge on any atom is -0.289 e. The first-order valence-corrected chi connectivity index (χ1v) is 5.99. The molecule has 82 valence electrons. The summed E-state index contributed by atoms with van der Waals surface area (Å²) in [5.74, 6) is -2.29. The first-order valence-electron chi connectivity index (χ1n) is 4.31. The molecule has 0 saturated carbocycles. The lowest BCUT2D eigenvalue weighted by Gasteiger charge is -1.99. The van der Waals surface area contributed by atoms with E-state index in [0.717, 1.165) is 15.9 Å². The van der Waals surface area contributed by atoms with Gasteiger partial charge in [-0.1, -0.05) is 0 Å². The van der Waals surface area contributed by atoms with Crippen LogP contribution in [0.4, 0.5) is 8.78 Å². The average molecular weight is 303 g/mol. The Balaban J connectivity index is 2.38. The Kier molecular flexibility index (Phi) is 3.16. The molecule has 0 radical (unpaired) electrons. The van der Waals surface area contributed by atoms with Crippen LogP contribution in [0, 0.1) is 11.6 Å². The lowest BCUT2D eigenvalue weighted by Crippen LogP contribution is -2.00. The number of benzene rings is 1. The topological polar surface area (TPSA) is 17.1 Å². The number of hydrogen-bond donors (Lipinski definition) is 0. The van der Waals surface area contributed by atoms with Crippen LogP contribution in [-0.2, 0) is 0 Å². The predicted octanol–water partition coefficient (Wildman–Crippen LogP) is 4.02. The molecule has 1 aromatic carbocycles. The molecule has 0 N–H and O–H groups in total. The number of carbonyl (C=O) groups is 1. The number of hydrogen-bond acceptors (Lipinski definition) is 2. The van der Waals surface area contributed by atoms with Gasteiger partial charge in [0.05, 0.1) is 3.79 Å². The number of ketones is 1. The van der Waals surface area contributed by atoms with Crippen molar-refractivity contribution in [2.75, 3.05) is 0 Å². The van der Waals surface area contributed by atoms with E-state index in [-0.39, 0.29) is 11.3 Å². The lowest BCUT2D eigenvalue weighted by atomic mass is 10.1. The molecule has 5 heteroatoms. The molecule has 1 nitrogen and oxygen atoms in total. The van der Waals surface area contributed by atoms with Crippen LogP contribution in [0.25, 0.3) is 0 Å². The third-order valence-electron chi connectivity index (χ3n) is 2.01. The van der Waals surface area contributed by atoms with Crippen LogP contribution in [0.1, 0.15) is 15.9 Å². The van der Waals surface area contributed by atoms with Gasteiger partial charge in [-0.25, -0.2) is 8.78 Å². The molecule has 16 heavy (non-hydrogen) atoms. The van der Waals surface area contributed by atoms with Gasteiger partial charge in [0.25, 0.3) is 0 Å². The highest BCUT2D eigenvalue weighted by Gasteiger charge is 2.13. The predicted molar refractivity (Wildman–Crippen MR) is 61.8 cm³/mol. The first-order chi connectivity index (χ1) is 7.58. The molecule has 0 fully saturated rings. The van der Waals surface area contributed by atoms with Crippen molar-refractivity contribution in [1.29, 1.82) is 0 Å². The Morgan fingerprint density at radius 3 is 2.44 bits per heavy atom. The third-order valence-corrected chi connectivity index (χ3v) is 3.52. The summed E-state index contributed by atoms with van der Waals surface area (Å²) in [5, 5.41) is 1.66. The number of rotatable bonds is 2. The van der Waals surface area contributed by atoms with E-state index in [9.17, 15) is 13.6 Å². The fourth-order valence-electron chi connectivity index (χ4n) is 1.23. The Hall–Kier alpha value is -1.07. The third kappa shape index (κ3) is 2.20. The zero-order chi connectivity index (χ0) is 11.7. The summed E-state index contributed by atoms with van der Waals surface area (Å²) in [4.78, 5) is 11.8. The molecule has 1 aromatic heterocycles. The Morgan fingerprint density at radius 2 is 1.88 bits per heavy atom. The van der Waals surface area contributed by atoms with Gasteiger partial charge < -0.3 is 0 Å². The molecule has 0 spiro atoms. The van der Waals surface area contributed by atoms with E-state index in [1.54, 1.807) is 11.4 Å². The van der Waals surface area contributed by atoms with Crippen LogP contribution in [-0.4, -0.2) is 5.78 Å². The minimum absolute atomic E-state index is 0.143. The van der Waals surface area contributed by atoms with Gasteiger partial charge in [0.2, 0.25) is 0 Å². The van der Waals surface area contributed by atoms with Crippen molar-refractivity contribution >= 4 is 33.0 Å². The van der Waals surface area contributed by atoms with Crippen molar-refractivity contribution in [2.45, 2.75) is 0 Å². The number of carbonyl (C=O) groups excluding carboxylic acids is 1. The van der Waals surface area contributed by atoms with Crippen molar-refractivity contribution < 1.29 is 13.6 Å². The molecule has 0 amide bonds. The van der Waals surface area contributed by atoms with Crippen LogP contribution in [0.3, 0.4) is 0 Å². The maximum atomic E-state index is 12.9. The Labute approximate surface area is 103 Å². The van der Waals surface area contributed by atoms with Crippen LogP contribution in [0.5, 0.6) is 0 Å². The monoisotopic (exact) mass is 302 g/mol. The highest BCUT2D eigenvalue weighted by Crippen LogP contribution is 2.23. The summed E-state index contributed by atoms with van der Waals surface area (Å²) in [7, 11) is 0. The maximum absolute atomic E-state index is 12.9. The van der Waals surface area contributed by atoms with E-state index in [1.807, 2.05) is 0 Å². The molecule has 2 aromatic rings.